The van der Waals surface area contributed by atoms with Gasteiger partial charge in [-0.25, -0.2) is 21.1 Å². The number of rotatable bonds is 9. The van der Waals surface area contributed by atoms with Gasteiger partial charge in [0.05, 0.1) is 11.2 Å². The molecular formula is C15H23N3O5S2. The van der Waals surface area contributed by atoms with Crippen LogP contribution in [0.25, 0.3) is 0 Å². The van der Waals surface area contributed by atoms with Crippen LogP contribution >= 0.6 is 0 Å². The fourth-order valence-corrected chi connectivity index (χ4v) is 3.62. The minimum atomic E-state index is -3.55. The molecule has 0 bridgehead atoms. The first-order chi connectivity index (χ1) is 11.5. The van der Waals surface area contributed by atoms with Crippen molar-refractivity contribution in [2.45, 2.75) is 4.90 Å². The topological polar surface area (TPSA) is 104 Å². The number of amides is 1. The van der Waals surface area contributed by atoms with Crippen molar-refractivity contribution < 1.29 is 21.6 Å². The molecular weight excluding hydrogens is 366 g/mol. The van der Waals surface area contributed by atoms with Gasteiger partial charge in [0, 0.05) is 39.3 Å². The molecule has 10 heteroatoms. The fourth-order valence-electron chi connectivity index (χ4n) is 1.92. The number of carbonyl (C=O) groups excluding carboxylic acids is 1. The summed E-state index contributed by atoms with van der Waals surface area (Å²) in [5.74, 6) is -0.416. The Morgan fingerprint density at radius 3 is 2.16 bits per heavy atom. The summed E-state index contributed by atoms with van der Waals surface area (Å²) < 4.78 is 49.3. The quantitative estimate of drug-likeness (QED) is 0.604. The van der Waals surface area contributed by atoms with Crippen molar-refractivity contribution in [1.82, 2.24) is 13.9 Å². The average molecular weight is 389 g/mol. The lowest BCUT2D eigenvalue weighted by Crippen LogP contribution is -2.38. The van der Waals surface area contributed by atoms with Crippen molar-refractivity contribution >= 4 is 26.0 Å². The van der Waals surface area contributed by atoms with E-state index in [1.807, 2.05) is 0 Å². The Morgan fingerprint density at radius 1 is 1.16 bits per heavy atom. The Morgan fingerprint density at radius 2 is 1.72 bits per heavy atom. The summed E-state index contributed by atoms with van der Waals surface area (Å²) in [6, 6.07) is 5.52. The van der Waals surface area contributed by atoms with Crippen molar-refractivity contribution in [1.29, 1.82) is 0 Å². The van der Waals surface area contributed by atoms with Gasteiger partial charge in [-0.2, -0.15) is 4.31 Å². The first-order valence-electron chi connectivity index (χ1n) is 7.37. The predicted molar refractivity (Wildman–Crippen MR) is 96.3 cm³/mol. The van der Waals surface area contributed by atoms with E-state index in [-0.39, 0.29) is 30.1 Å². The number of hydrogen-bond donors (Lipinski definition) is 1. The Hall–Kier alpha value is -1.75. The molecule has 0 fully saturated rings. The zero-order valence-corrected chi connectivity index (χ0v) is 16.1. The highest BCUT2D eigenvalue weighted by atomic mass is 32.2. The molecule has 0 aliphatic carbocycles. The Labute approximate surface area is 149 Å². The summed E-state index contributed by atoms with van der Waals surface area (Å²) in [6.07, 6.45) is 2.55. The minimum Gasteiger partial charge on any atom is -0.351 e. The average Bonchev–Trinajstić information content (AvgIpc) is 2.53. The number of benzene rings is 1. The molecule has 0 aliphatic rings. The van der Waals surface area contributed by atoms with E-state index >= 15 is 0 Å². The van der Waals surface area contributed by atoms with Gasteiger partial charge in [-0.3, -0.25) is 4.79 Å². The molecule has 0 unspecified atom stereocenters. The molecule has 0 atom stereocenters. The van der Waals surface area contributed by atoms with Gasteiger partial charge < -0.3 is 5.32 Å². The molecule has 1 N–H and O–H groups in total. The SMILES string of the molecule is C=CCN(CCNC(=O)c1ccc(S(=O)(=O)N(C)C)cc1)S(C)(=O)=O. The summed E-state index contributed by atoms with van der Waals surface area (Å²) in [7, 11) is -4.09. The van der Waals surface area contributed by atoms with Crippen LogP contribution in [0.4, 0.5) is 0 Å². The fraction of sp³-hybridized carbons (Fsp3) is 0.400. The zero-order valence-electron chi connectivity index (χ0n) is 14.5. The van der Waals surface area contributed by atoms with Gasteiger partial charge in [0.15, 0.2) is 0 Å². The summed E-state index contributed by atoms with van der Waals surface area (Å²) in [5.41, 5.74) is 0.285. The summed E-state index contributed by atoms with van der Waals surface area (Å²) in [5, 5.41) is 2.60. The smallest absolute Gasteiger partial charge is 0.251 e. The molecule has 0 spiro atoms. The largest absolute Gasteiger partial charge is 0.351 e. The van der Waals surface area contributed by atoms with Crippen LogP contribution in [-0.2, 0) is 20.0 Å². The molecule has 0 saturated carbocycles. The molecule has 1 aromatic carbocycles. The summed E-state index contributed by atoms with van der Waals surface area (Å²) in [6.45, 7) is 3.89. The second-order valence-corrected chi connectivity index (χ2v) is 9.61. The first kappa shape index (κ1) is 21.3. The molecule has 25 heavy (non-hydrogen) atoms. The van der Waals surface area contributed by atoms with Crippen LogP contribution in [0.3, 0.4) is 0 Å². The lowest BCUT2D eigenvalue weighted by molar-refractivity contribution is 0.0952. The molecule has 1 aromatic rings. The predicted octanol–water partition coefficient (Wildman–Crippen LogP) is 0.114. The molecule has 0 saturated heterocycles. The molecule has 0 heterocycles. The van der Waals surface area contributed by atoms with Crippen molar-refractivity contribution in [2.75, 3.05) is 40.0 Å². The van der Waals surface area contributed by atoms with E-state index in [0.29, 0.717) is 0 Å². The van der Waals surface area contributed by atoms with Crippen LogP contribution in [-0.4, -0.2) is 71.3 Å². The third-order valence-electron chi connectivity index (χ3n) is 3.34. The number of carbonyl (C=O) groups is 1. The van der Waals surface area contributed by atoms with E-state index in [1.165, 1.54) is 48.7 Å². The van der Waals surface area contributed by atoms with Crippen LogP contribution in [0, 0.1) is 0 Å². The summed E-state index contributed by atoms with van der Waals surface area (Å²) >= 11 is 0. The maximum Gasteiger partial charge on any atom is 0.251 e. The Bertz CT molecular complexity index is 815. The number of nitrogens with one attached hydrogen (secondary N) is 1. The molecule has 8 nitrogen and oxygen atoms in total. The summed E-state index contributed by atoms with van der Waals surface area (Å²) in [4.78, 5) is 12.2. The van der Waals surface area contributed by atoms with E-state index in [9.17, 15) is 21.6 Å². The zero-order chi connectivity index (χ0) is 19.3. The van der Waals surface area contributed by atoms with E-state index in [0.717, 1.165) is 10.6 Å². The van der Waals surface area contributed by atoms with Crippen LogP contribution in [0.1, 0.15) is 10.4 Å². The number of hydrogen-bond acceptors (Lipinski definition) is 5. The molecule has 1 amide bonds. The van der Waals surface area contributed by atoms with Crippen LogP contribution in [0.5, 0.6) is 0 Å². The number of sulfonamides is 2. The highest BCUT2D eigenvalue weighted by molar-refractivity contribution is 7.89. The minimum absolute atomic E-state index is 0.0864. The second kappa shape index (κ2) is 8.56. The lowest BCUT2D eigenvalue weighted by atomic mass is 10.2. The maximum absolute atomic E-state index is 12.1. The molecule has 0 aliphatic heterocycles. The van der Waals surface area contributed by atoms with Gasteiger partial charge in [0.2, 0.25) is 20.0 Å². The third kappa shape index (κ3) is 5.92. The molecule has 0 radical (unpaired) electrons. The normalized spacial score (nSPS) is 12.4. The molecule has 1 rings (SSSR count). The molecule has 140 valence electrons. The van der Waals surface area contributed by atoms with Crippen LogP contribution < -0.4 is 5.32 Å². The lowest BCUT2D eigenvalue weighted by Gasteiger charge is -2.18. The van der Waals surface area contributed by atoms with Crippen LogP contribution in [0.2, 0.25) is 0 Å². The van der Waals surface area contributed by atoms with Crippen molar-refractivity contribution in [3.8, 4) is 0 Å². The van der Waals surface area contributed by atoms with E-state index < -0.39 is 26.0 Å². The van der Waals surface area contributed by atoms with Crippen molar-refractivity contribution in [3.05, 3.63) is 42.5 Å². The Balaban J connectivity index is 2.71. The van der Waals surface area contributed by atoms with E-state index in [4.69, 9.17) is 0 Å². The monoisotopic (exact) mass is 389 g/mol. The number of nitrogens with zero attached hydrogens (tertiary/aromatic N) is 2. The van der Waals surface area contributed by atoms with Crippen LogP contribution in [0.15, 0.2) is 41.8 Å². The highest BCUT2D eigenvalue weighted by Crippen LogP contribution is 2.13. The standard InChI is InChI=1S/C15H23N3O5S2/c1-5-11-18(24(4,20)21)12-10-16-15(19)13-6-8-14(9-7-13)25(22,23)17(2)3/h5-9H,1,10-12H2,2-4H3,(H,16,19). The van der Waals surface area contributed by atoms with Gasteiger partial charge in [-0.1, -0.05) is 6.08 Å². The van der Waals surface area contributed by atoms with Gasteiger partial charge >= 0.3 is 0 Å². The molecule has 0 aromatic heterocycles. The highest BCUT2D eigenvalue weighted by Gasteiger charge is 2.18. The Kier molecular flexibility index (Phi) is 7.29. The van der Waals surface area contributed by atoms with Crippen molar-refractivity contribution in [2.24, 2.45) is 0 Å². The van der Waals surface area contributed by atoms with E-state index in [1.54, 1.807) is 0 Å². The third-order valence-corrected chi connectivity index (χ3v) is 6.44. The maximum atomic E-state index is 12.1. The van der Waals surface area contributed by atoms with Gasteiger partial charge in [-0.15, -0.1) is 6.58 Å². The van der Waals surface area contributed by atoms with Gasteiger partial charge in [-0.05, 0) is 24.3 Å². The van der Waals surface area contributed by atoms with Gasteiger partial charge in [0.25, 0.3) is 5.91 Å². The second-order valence-electron chi connectivity index (χ2n) is 5.48. The van der Waals surface area contributed by atoms with Gasteiger partial charge in [0.1, 0.15) is 0 Å². The first-order valence-corrected chi connectivity index (χ1v) is 10.7. The van der Waals surface area contributed by atoms with E-state index in [2.05, 4.69) is 11.9 Å². The van der Waals surface area contributed by atoms with Crippen molar-refractivity contribution in [3.63, 3.8) is 0 Å².